The van der Waals surface area contributed by atoms with Crippen molar-refractivity contribution in [2.75, 3.05) is 26.2 Å². The number of ether oxygens (including phenoxy) is 1. The summed E-state index contributed by atoms with van der Waals surface area (Å²) >= 11 is 5.90. The summed E-state index contributed by atoms with van der Waals surface area (Å²) in [7, 11) is -4.12. The van der Waals surface area contributed by atoms with Crippen molar-refractivity contribution >= 4 is 27.5 Å². The van der Waals surface area contributed by atoms with Crippen LogP contribution in [-0.4, -0.2) is 55.8 Å². The highest BCUT2D eigenvalue weighted by atomic mass is 35.5. The van der Waals surface area contributed by atoms with E-state index in [1.807, 2.05) is 0 Å². The smallest absolute Gasteiger partial charge is 0.416 e. The summed E-state index contributed by atoms with van der Waals surface area (Å²) < 4.78 is 71.0. The molecule has 0 N–H and O–H groups in total. The van der Waals surface area contributed by atoms with Crippen LogP contribution in [0.5, 0.6) is 5.75 Å². The molecule has 0 radical (unpaired) electrons. The van der Waals surface area contributed by atoms with Crippen molar-refractivity contribution in [1.82, 2.24) is 9.21 Å². The second kappa shape index (κ2) is 9.05. The number of rotatable bonds is 5. The average Bonchev–Trinajstić information content (AvgIpc) is 2.73. The molecule has 2 aromatic rings. The fourth-order valence-electron chi connectivity index (χ4n) is 3.18. The lowest BCUT2D eigenvalue weighted by molar-refractivity contribution is -0.139. The van der Waals surface area contributed by atoms with Gasteiger partial charge in [-0.15, -0.1) is 0 Å². The molecule has 0 aliphatic carbocycles. The van der Waals surface area contributed by atoms with Crippen molar-refractivity contribution in [3.05, 3.63) is 59.1 Å². The summed E-state index contributed by atoms with van der Waals surface area (Å²) in [6.45, 7) is 1.71. The van der Waals surface area contributed by atoms with Gasteiger partial charge >= 0.3 is 6.18 Å². The van der Waals surface area contributed by atoms with E-state index in [-0.39, 0.29) is 32.1 Å². The van der Waals surface area contributed by atoms with Crippen LogP contribution in [0.3, 0.4) is 0 Å². The highest BCUT2D eigenvalue weighted by Gasteiger charge is 2.35. The number of carbonyl (C=O) groups is 1. The predicted molar refractivity (Wildman–Crippen MR) is 108 cm³/mol. The zero-order valence-corrected chi connectivity index (χ0v) is 18.0. The summed E-state index contributed by atoms with van der Waals surface area (Å²) in [6, 6.07) is 10.2. The Bertz CT molecular complexity index is 1050. The van der Waals surface area contributed by atoms with Gasteiger partial charge in [0.15, 0.2) is 6.10 Å². The number of benzene rings is 2. The number of amides is 1. The third-order valence-electron chi connectivity index (χ3n) is 4.81. The predicted octanol–water partition coefficient (Wildman–Crippen LogP) is 3.66. The molecule has 1 saturated heterocycles. The van der Waals surface area contributed by atoms with E-state index >= 15 is 0 Å². The molecule has 168 valence electrons. The second-order valence-corrected chi connectivity index (χ2v) is 9.35. The molecule has 0 saturated carbocycles. The zero-order chi connectivity index (χ0) is 22.8. The van der Waals surface area contributed by atoms with Crippen molar-refractivity contribution in [3.63, 3.8) is 0 Å². The highest BCUT2D eigenvalue weighted by Crippen LogP contribution is 2.31. The Balaban J connectivity index is 1.64. The van der Waals surface area contributed by atoms with E-state index in [0.717, 1.165) is 22.5 Å². The Morgan fingerprint density at radius 1 is 1.06 bits per heavy atom. The van der Waals surface area contributed by atoms with Crippen LogP contribution in [0, 0.1) is 0 Å². The SMILES string of the molecule is C[C@H](Oc1cccc(Cl)c1)C(=O)N1CCN(S(=O)(=O)c2cccc(C(F)(F)F)c2)CC1. The molecule has 6 nitrogen and oxygen atoms in total. The van der Waals surface area contributed by atoms with Crippen LogP contribution in [0.2, 0.25) is 5.02 Å². The maximum absolute atomic E-state index is 12.9. The number of sulfonamides is 1. The lowest BCUT2D eigenvalue weighted by Gasteiger charge is -2.35. The number of carbonyl (C=O) groups excluding carboxylic acids is 1. The van der Waals surface area contributed by atoms with Gasteiger partial charge in [0.1, 0.15) is 5.75 Å². The molecule has 1 aliphatic rings. The third-order valence-corrected chi connectivity index (χ3v) is 6.94. The molecule has 0 spiro atoms. The van der Waals surface area contributed by atoms with E-state index in [2.05, 4.69) is 0 Å². The molecule has 1 atom stereocenters. The Hall–Kier alpha value is -2.30. The monoisotopic (exact) mass is 476 g/mol. The molecular weight excluding hydrogens is 457 g/mol. The summed E-state index contributed by atoms with van der Waals surface area (Å²) in [6.07, 6.45) is -5.46. The van der Waals surface area contributed by atoms with E-state index < -0.39 is 32.8 Å². The number of hydrogen-bond acceptors (Lipinski definition) is 4. The molecule has 11 heteroatoms. The molecule has 0 unspecified atom stereocenters. The van der Waals surface area contributed by atoms with Gasteiger partial charge < -0.3 is 9.64 Å². The quantitative estimate of drug-likeness (QED) is 0.660. The molecule has 1 aliphatic heterocycles. The van der Waals surface area contributed by atoms with Crippen LogP contribution >= 0.6 is 11.6 Å². The van der Waals surface area contributed by atoms with Gasteiger partial charge in [0.2, 0.25) is 10.0 Å². The summed E-state index contributed by atoms with van der Waals surface area (Å²) in [4.78, 5) is 13.7. The number of nitrogens with zero attached hydrogens (tertiary/aromatic N) is 2. The molecular formula is C20H20ClF3N2O4S. The molecule has 31 heavy (non-hydrogen) atoms. The molecule has 0 aromatic heterocycles. The van der Waals surface area contributed by atoms with Gasteiger partial charge in [-0.1, -0.05) is 23.7 Å². The van der Waals surface area contributed by atoms with Crippen LogP contribution < -0.4 is 4.74 Å². The lowest BCUT2D eigenvalue weighted by Crippen LogP contribution is -2.53. The minimum Gasteiger partial charge on any atom is -0.481 e. The van der Waals surface area contributed by atoms with Crippen LogP contribution in [0.25, 0.3) is 0 Å². The first kappa shape index (κ1) is 23.4. The molecule has 1 heterocycles. The normalized spacial score (nSPS) is 16.7. The van der Waals surface area contributed by atoms with Crippen molar-refractivity contribution in [2.24, 2.45) is 0 Å². The standard InChI is InChI=1S/C20H20ClF3N2O4S/c1-14(30-17-6-3-5-16(21)13-17)19(27)25-8-10-26(11-9-25)31(28,29)18-7-2-4-15(12-18)20(22,23)24/h2-7,12-14H,8-11H2,1H3/t14-/m0/s1. The first-order valence-corrected chi connectivity index (χ1v) is 11.2. The van der Waals surface area contributed by atoms with Gasteiger partial charge in [0.25, 0.3) is 5.91 Å². The number of halogens is 4. The Labute approximate surface area is 183 Å². The largest absolute Gasteiger partial charge is 0.481 e. The fourth-order valence-corrected chi connectivity index (χ4v) is 4.83. The Kier molecular flexibility index (Phi) is 6.82. The Morgan fingerprint density at radius 3 is 2.32 bits per heavy atom. The average molecular weight is 477 g/mol. The molecule has 1 fully saturated rings. The number of hydrogen-bond donors (Lipinski definition) is 0. The number of piperazine rings is 1. The summed E-state index contributed by atoms with van der Waals surface area (Å²) in [5.41, 5.74) is -1.03. The molecule has 1 amide bonds. The molecule has 0 bridgehead atoms. The first-order chi connectivity index (χ1) is 14.5. The van der Waals surface area contributed by atoms with Crippen molar-refractivity contribution in [3.8, 4) is 5.75 Å². The summed E-state index contributed by atoms with van der Waals surface area (Å²) in [5, 5.41) is 0.463. The number of alkyl halides is 3. The Morgan fingerprint density at radius 2 is 1.71 bits per heavy atom. The minimum absolute atomic E-state index is 0.0335. The van der Waals surface area contributed by atoms with Gasteiger partial charge in [0, 0.05) is 31.2 Å². The van der Waals surface area contributed by atoms with Crippen molar-refractivity contribution in [2.45, 2.75) is 24.1 Å². The lowest BCUT2D eigenvalue weighted by atomic mass is 10.2. The third kappa shape index (κ3) is 5.50. The van der Waals surface area contributed by atoms with Gasteiger partial charge in [-0.25, -0.2) is 8.42 Å². The van der Waals surface area contributed by atoms with Crippen molar-refractivity contribution < 1.29 is 31.1 Å². The maximum atomic E-state index is 12.9. The van der Waals surface area contributed by atoms with Gasteiger partial charge in [-0.05, 0) is 43.3 Å². The van der Waals surface area contributed by atoms with E-state index in [4.69, 9.17) is 16.3 Å². The zero-order valence-electron chi connectivity index (χ0n) is 16.5. The van der Waals surface area contributed by atoms with Crippen LogP contribution in [0.4, 0.5) is 13.2 Å². The van der Waals surface area contributed by atoms with E-state index in [1.165, 1.54) is 4.90 Å². The van der Waals surface area contributed by atoms with Crippen LogP contribution in [0.15, 0.2) is 53.4 Å². The summed E-state index contributed by atoms with van der Waals surface area (Å²) in [5.74, 6) is 0.107. The van der Waals surface area contributed by atoms with E-state index in [1.54, 1.807) is 31.2 Å². The van der Waals surface area contributed by atoms with Gasteiger partial charge in [-0.2, -0.15) is 17.5 Å². The van der Waals surface area contributed by atoms with E-state index in [0.29, 0.717) is 16.8 Å². The van der Waals surface area contributed by atoms with Gasteiger partial charge in [0.05, 0.1) is 10.5 Å². The molecule has 3 rings (SSSR count). The topological polar surface area (TPSA) is 66.9 Å². The highest BCUT2D eigenvalue weighted by molar-refractivity contribution is 7.89. The van der Waals surface area contributed by atoms with E-state index in [9.17, 15) is 26.4 Å². The minimum atomic E-state index is -4.64. The maximum Gasteiger partial charge on any atom is 0.416 e. The van der Waals surface area contributed by atoms with Crippen LogP contribution in [0.1, 0.15) is 12.5 Å². The molecule has 2 aromatic carbocycles. The van der Waals surface area contributed by atoms with Gasteiger partial charge in [-0.3, -0.25) is 4.79 Å². The first-order valence-electron chi connectivity index (χ1n) is 9.37. The van der Waals surface area contributed by atoms with Crippen LogP contribution in [-0.2, 0) is 21.0 Å². The van der Waals surface area contributed by atoms with Crippen molar-refractivity contribution in [1.29, 1.82) is 0 Å². The fraction of sp³-hybridized carbons (Fsp3) is 0.350. The second-order valence-electron chi connectivity index (χ2n) is 6.97.